The van der Waals surface area contributed by atoms with Crippen molar-refractivity contribution in [3.05, 3.63) is 179 Å². The van der Waals surface area contributed by atoms with Gasteiger partial charge in [0.15, 0.2) is 9.84 Å². The lowest BCUT2D eigenvalue weighted by molar-refractivity contribution is 0.0989. The Bertz CT molecular complexity index is 3230. The Hall–Kier alpha value is -6.74. The van der Waals surface area contributed by atoms with Gasteiger partial charge in [-0.3, -0.25) is 35.4 Å². The van der Waals surface area contributed by atoms with E-state index in [4.69, 9.17) is 90.3 Å². The molecule has 4 heterocycles. The van der Waals surface area contributed by atoms with Crippen molar-refractivity contribution in [3.63, 3.8) is 0 Å². The first kappa shape index (κ1) is 60.4. The van der Waals surface area contributed by atoms with Crippen LogP contribution in [0.3, 0.4) is 0 Å². The first-order valence-corrected chi connectivity index (χ1v) is 23.4. The van der Waals surface area contributed by atoms with Crippen LogP contribution in [-0.4, -0.2) is 78.3 Å². The van der Waals surface area contributed by atoms with Gasteiger partial charge in [-0.05, 0) is 77.4 Å². The van der Waals surface area contributed by atoms with Crippen molar-refractivity contribution in [1.29, 1.82) is 16.2 Å². The third kappa shape index (κ3) is 16.7. The Labute approximate surface area is 431 Å². The van der Waals surface area contributed by atoms with E-state index in [1.165, 1.54) is 57.9 Å². The van der Waals surface area contributed by atoms with E-state index in [2.05, 4.69) is 17.0 Å². The van der Waals surface area contributed by atoms with Crippen LogP contribution in [-0.2, 0) is 34.2 Å². The number of ether oxygens (including phenoxy) is 1. The molecule has 0 bridgehead atoms. The van der Waals surface area contributed by atoms with Gasteiger partial charge in [0.1, 0.15) is 16.5 Å². The zero-order valence-corrected chi connectivity index (χ0v) is 40.0. The highest BCUT2D eigenvalue weighted by Gasteiger charge is 2.15. The average Bonchev–Trinajstić information content (AvgIpc) is 3.27. The smallest absolute Gasteiger partial charge is 0.252 e. The predicted molar refractivity (Wildman–Crippen MR) is 278 cm³/mol. The van der Waals surface area contributed by atoms with E-state index in [1.54, 1.807) is 35.0 Å². The molecule has 0 aliphatic carbocycles. The van der Waals surface area contributed by atoms with Crippen LogP contribution >= 0.6 is 46.4 Å². The largest absolute Gasteiger partial charge is 0.378 e. The third-order valence-corrected chi connectivity index (χ3v) is 12.0. The lowest BCUT2D eigenvalue weighted by Gasteiger charge is -2.29. The summed E-state index contributed by atoms with van der Waals surface area (Å²) < 4.78 is 33.0. The zero-order chi connectivity index (χ0) is 50.0. The molecule has 0 unspecified atom stereocenters. The maximum absolute atomic E-state index is 11.6. The Morgan fingerprint density at radius 1 is 0.549 bits per heavy atom. The van der Waals surface area contributed by atoms with E-state index in [-0.39, 0.29) is 89.0 Å². The van der Waals surface area contributed by atoms with Gasteiger partial charge < -0.3 is 46.3 Å². The molecule has 1 fully saturated rings. The van der Waals surface area contributed by atoms with Crippen molar-refractivity contribution < 1.29 is 32.3 Å². The molecule has 0 saturated carbocycles. The number of nitrogens with zero attached hydrogens (tertiary/aromatic N) is 4. The Kier molecular flexibility index (Phi) is 22.5. The number of anilines is 1. The van der Waals surface area contributed by atoms with Crippen LogP contribution in [0.4, 0.5) is 5.69 Å². The van der Waals surface area contributed by atoms with E-state index in [0.717, 1.165) is 43.8 Å². The van der Waals surface area contributed by atoms with Gasteiger partial charge in [0, 0.05) is 73.8 Å². The molecule has 4 amide bonds. The molecule has 1 aliphatic rings. The molecular formula is C48H57Cl4N11O7S. The van der Waals surface area contributed by atoms with Crippen molar-refractivity contribution >= 4 is 85.6 Å². The summed E-state index contributed by atoms with van der Waals surface area (Å²) in [6, 6.07) is 23.2. The van der Waals surface area contributed by atoms with Crippen molar-refractivity contribution in [2.75, 3.05) is 37.5 Å². The number of rotatable bonds is 12. The van der Waals surface area contributed by atoms with Gasteiger partial charge in [-0.1, -0.05) is 92.9 Å². The molecule has 18 nitrogen and oxygen atoms in total. The van der Waals surface area contributed by atoms with E-state index in [1.807, 2.05) is 12.1 Å². The zero-order valence-electron chi connectivity index (χ0n) is 36.1. The van der Waals surface area contributed by atoms with Crippen LogP contribution in [0, 0.1) is 16.2 Å². The van der Waals surface area contributed by atoms with Crippen LogP contribution in [0.5, 0.6) is 0 Å². The number of aromatic nitrogens is 3. The van der Waals surface area contributed by atoms with Crippen LogP contribution < -0.4 is 44.3 Å². The minimum absolute atomic E-state index is 0. The van der Waals surface area contributed by atoms with Crippen molar-refractivity contribution in [1.82, 2.24) is 13.7 Å². The second-order valence-electron chi connectivity index (χ2n) is 15.1. The Morgan fingerprint density at radius 3 is 1.37 bits per heavy atom. The quantitative estimate of drug-likeness (QED) is 0.0738. The molecule has 7 rings (SSSR count). The van der Waals surface area contributed by atoms with Crippen LogP contribution in [0.15, 0.2) is 108 Å². The predicted octanol–water partition coefficient (Wildman–Crippen LogP) is 6.21. The topological polar surface area (TPSA) is 305 Å². The maximum atomic E-state index is 11.6. The summed E-state index contributed by atoms with van der Waals surface area (Å²) in [7, 11) is -3.31. The van der Waals surface area contributed by atoms with E-state index >= 15 is 0 Å². The second kappa shape index (κ2) is 26.5. The summed E-state index contributed by atoms with van der Waals surface area (Å²) in [5.41, 5.74) is 24.7. The van der Waals surface area contributed by atoms with Gasteiger partial charge >= 0.3 is 0 Å². The second-order valence-corrected chi connectivity index (χ2v) is 18.9. The van der Waals surface area contributed by atoms with E-state index in [0.29, 0.717) is 27.7 Å². The fraction of sp³-hybridized carbons (Fsp3) is 0.229. The molecule has 1 saturated heterocycles. The summed E-state index contributed by atoms with van der Waals surface area (Å²) in [6.45, 7) is 4.01. The lowest BCUT2D eigenvalue weighted by Crippen LogP contribution is -2.36. The number of pyridine rings is 3. The number of nitrogens with two attached hydrogens (primary N) is 4. The average molecular weight is 1070 g/mol. The van der Waals surface area contributed by atoms with Crippen LogP contribution in [0.25, 0.3) is 0 Å². The number of primary amides is 4. The lowest BCUT2D eigenvalue weighted by atomic mass is 10.1. The van der Waals surface area contributed by atoms with Crippen molar-refractivity contribution in [2.45, 2.75) is 46.8 Å². The van der Waals surface area contributed by atoms with Crippen LogP contribution in [0.2, 0.25) is 20.1 Å². The fourth-order valence-electron chi connectivity index (χ4n) is 6.79. The number of morpholine rings is 1. The SMILES string of the molecule is C.C.C.CS(=O)(=O)c1cccc(Cn2cc(Cl)cc(C(N)=O)c2=N)c1.N=c1c(C(N)=O)cc(Cl)cn1Cc1cc(Cl)cc(C(N)=O)c1.N=c1c(C(N)=O)cc(Cl)cn1Cc1cccc(N2CCOCC2)c1. The summed E-state index contributed by atoms with van der Waals surface area (Å²) in [4.78, 5) is 47.8. The Morgan fingerprint density at radius 2 is 0.958 bits per heavy atom. The van der Waals surface area contributed by atoms with E-state index < -0.39 is 33.5 Å². The third-order valence-electron chi connectivity index (χ3n) is 10.0. The molecule has 11 N–H and O–H groups in total. The molecule has 71 heavy (non-hydrogen) atoms. The van der Waals surface area contributed by atoms with Gasteiger partial charge in [0.25, 0.3) is 17.7 Å². The molecule has 3 aromatic carbocycles. The number of benzene rings is 3. The number of sulfone groups is 1. The minimum atomic E-state index is -3.31. The number of hydrogen-bond acceptors (Lipinski definition) is 11. The standard InChI is InChI=1S/C17H19ClN4O2.C14H12Cl2N4O2.C14H14ClN3O3S.3CH4/c18-13-9-15(17(20)23)16(19)22(11-13)10-12-2-1-3-14(8-12)21-4-6-24-7-5-21;15-9-2-7(1-8(3-9)13(18)21)5-20-6-10(16)4-11(12(20)17)14(19)22;1-22(20,21)11-4-2-3-9(5-11)7-18-8-10(15)6-12(13(18)16)14(17)19;;;/h1-3,8-9,11,19H,4-7,10H2,(H2,20,23);1-4,6,17H,5H2,(H2,18,21)(H2,19,22);2-6,8,16H,7H2,1H3,(H2,17,19);3*1H4. The molecule has 380 valence electrons. The van der Waals surface area contributed by atoms with Crippen molar-refractivity contribution in [2.24, 2.45) is 22.9 Å². The number of halogens is 4. The number of amides is 4. The first-order valence-electron chi connectivity index (χ1n) is 20.0. The van der Waals surface area contributed by atoms with Crippen LogP contribution in [0.1, 0.15) is 80.4 Å². The minimum Gasteiger partial charge on any atom is -0.378 e. The fourth-order valence-corrected chi connectivity index (χ4v) is 8.42. The Balaban J connectivity index is 0.000000358. The highest BCUT2D eigenvalue weighted by atomic mass is 35.5. The number of nitrogens with one attached hydrogen (secondary N) is 3. The summed E-state index contributed by atoms with van der Waals surface area (Å²) >= 11 is 23.9. The number of carbonyl (C=O) groups is 4. The van der Waals surface area contributed by atoms with Gasteiger partial charge in [0.05, 0.1) is 49.9 Å². The highest BCUT2D eigenvalue weighted by molar-refractivity contribution is 7.90. The maximum Gasteiger partial charge on any atom is 0.252 e. The summed E-state index contributed by atoms with van der Waals surface area (Å²) in [5.74, 6) is -2.75. The molecule has 6 aromatic rings. The molecular weight excluding hydrogens is 1020 g/mol. The van der Waals surface area contributed by atoms with Gasteiger partial charge in [-0.2, -0.15) is 0 Å². The van der Waals surface area contributed by atoms with Crippen molar-refractivity contribution in [3.8, 4) is 0 Å². The molecule has 23 heteroatoms. The molecule has 0 spiro atoms. The van der Waals surface area contributed by atoms with Gasteiger partial charge in [0.2, 0.25) is 5.91 Å². The summed E-state index contributed by atoms with van der Waals surface area (Å²) in [5, 5.41) is 25.4. The summed E-state index contributed by atoms with van der Waals surface area (Å²) in [6.07, 6.45) is 5.74. The molecule has 1 aliphatic heterocycles. The first-order chi connectivity index (χ1) is 32.0. The number of hydrogen-bond donors (Lipinski definition) is 7. The normalized spacial score (nSPS) is 11.7. The van der Waals surface area contributed by atoms with Gasteiger partial charge in [-0.15, -0.1) is 0 Å². The van der Waals surface area contributed by atoms with E-state index in [9.17, 15) is 27.6 Å². The molecule has 0 atom stereocenters. The monoisotopic (exact) mass is 1070 g/mol. The highest BCUT2D eigenvalue weighted by Crippen LogP contribution is 2.20. The number of carbonyl (C=O) groups excluding carboxylic acids is 4. The molecule has 0 radical (unpaired) electrons. The molecule has 3 aromatic heterocycles. The van der Waals surface area contributed by atoms with Gasteiger partial charge in [-0.25, -0.2) is 8.42 Å².